The summed E-state index contributed by atoms with van der Waals surface area (Å²) in [7, 11) is -3.49. The summed E-state index contributed by atoms with van der Waals surface area (Å²) in [4.78, 5) is 24.2. The highest BCUT2D eigenvalue weighted by atomic mass is 35.5. The molecule has 0 saturated carbocycles. The molecule has 0 atom stereocenters. The van der Waals surface area contributed by atoms with E-state index in [1.54, 1.807) is 49.4 Å². The third-order valence-corrected chi connectivity index (χ3v) is 7.40. The number of primary amides is 1. The zero-order chi connectivity index (χ0) is 21.9. The van der Waals surface area contributed by atoms with Gasteiger partial charge in [0.1, 0.15) is 0 Å². The quantitative estimate of drug-likeness (QED) is 0.706. The second-order valence-corrected chi connectivity index (χ2v) is 9.80. The molecule has 1 aliphatic heterocycles. The average Bonchev–Trinajstić information content (AvgIpc) is 2.69. The maximum absolute atomic E-state index is 12.7. The summed E-state index contributed by atoms with van der Waals surface area (Å²) in [6.45, 7) is 2.28. The van der Waals surface area contributed by atoms with Crippen LogP contribution in [0.1, 0.15) is 34.3 Å². The molecule has 2 aromatic carbocycles. The first-order valence-corrected chi connectivity index (χ1v) is 11.6. The van der Waals surface area contributed by atoms with Crippen LogP contribution in [0.5, 0.6) is 0 Å². The summed E-state index contributed by atoms with van der Waals surface area (Å²) < 4.78 is 26.9. The van der Waals surface area contributed by atoms with E-state index in [-0.39, 0.29) is 30.7 Å². The molecule has 0 spiro atoms. The molecule has 2 aromatic rings. The number of amides is 2. The lowest BCUT2D eigenvalue weighted by molar-refractivity contribution is -0.120. The van der Waals surface area contributed by atoms with Gasteiger partial charge in [-0.05, 0) is 55.2 Å². The van der Waals surface area contributed by atoms with Crippen molar-refractivity contribution >= 4 is 39.1 Å². The Balaban J connectivity index is 1.60. The number of nitrogens with zero attached hydrogens (tertiary/aromatic N) is 1. The molecule has 1 saturated heterocycles. The molecule has 2 amide bonds. The number of hydrogen-bond acceptors (Lipinski definition) is 4. The number of sulfonamides is 1. The lowest BCUT2D eigenvalue weighted by atomic mass is 9.96. The second kappa shape index (κ2) is 9.16. The third-order valence-electron chi connectivity index (χ3n) is 5.31. The predicted octanol–water partition coefficient (Wildman–Crippen LogP) is 2.93. The number of anilines is 1. The average molecular weight is 450 g/mol. The minimum Gasteiger partial charge on any atom is -0.366 e. The van der Waals surface area contributed by atoms with Gasteiger partial charge in [-0.2, -0.15) is 0 Å². The molecule has 1 aliphatic rings. The normalized spacial score (nSPS) is 15.7. The zero-order valence-electron chi connectivity index (χ0n) is 16.6. The summed E-state index contributed by atoms with van der Waals surface area (Å²) in [6.07, 6.45) is 0.852. The Morgan fingerprint density at radius 3 is 2.47 bits per heavy atom. The summed E-state index contributed by atoms with van der Waals surface area (Å²) in [5.74, 6) is -1.17. The number of rotatable bonds is 6. The molecular weight excluding hydrogens is 426 g/mol. The fourth-order valence-corrected chi connectivity index (χ4v) is 5.36. The lowest BCUT2D eigenvalue weighted by Crippen LogP contribution is -2.42. The van der Waals surface area contributed by atoms with Crippen molar-refractivity contribution in [2.75, 3.05) is 18.4 Å². The van der Waals surface area contributed by atoms with Gasteiger partial charge in [0.05, 0.1) is 5.75 Å². The van der Waals surface area contributed by atoms with Crippen molar-refractivity contribution in [3.63, 3.8) is 0 Å². The van der Waals surface area contributed by atoms with Crippen molar-refractivity contribution in [2.45, 2.75) is 25.5 Å². The van der Waals surface area contributed by atoms with E-state index in [1.807, 2.05) is 0 Å². The molecule has 0 radical (unpaired) electrons. The van der Waals surface area contributed by atoms with Crippen molar-refractivity contribution in [3.05, 3.63) is 64.2 Å². The lowest BCUT2D eigenvalue weighted by Gasteiger charge is -2.30. The van der Waals surface area contributed by atoms with Crippen molar-refractivity contribution in [1.82, 2.24) is 4.31 Å². The highest BCUT2D eigenvalue weighted by molar-refractivity contribution is 7.88. The van der Waals surface area contributed by atoms with E-state index in [0.717, 1.165) is 0 Å². The molecule has 0 bridgehead atoms. The zero-order valence-corrected chi connectivity index (χ0v) is 18.2. The van der Waals surface area contributed by atoms with Crippen LogP contribution in [0.25, 0.3) is 0 Å². The van der Waals surface area contributed by atoms with E-state index < -0.39 is 15.9 Å². The number of carbonyl (C=O) groups excluding carboxylic acids is 2. The summed E-state index contributed by atoms with van der Waals surface area (Å²) in [6, 6.07) is 11.8. The van der Waals surface area contributed by atoms with Crippen LogP contribution in [0.15, 0.2) is 42.5 Å². The minimum atomic E-state index is -3.49. The van der Waals surface area contributed by atoms with Gasteiger partial charge in [-0.25, -0.2) is 12.7 Å². The largest absolute Gasteiger partial charge is 0.366 e. The van der Waals surface area contributed by atoms with Crippen molar-refractivity contribution in [3.8, 4) is 0 Å². The Morgan fingerprint density at radius 2 is 1.83 bits per heavy atom. The van der Waals surface area contributed by atoms with E-state index in [1.165, 1.54) is 4.31 Å². The molecule has 1 fully saturated rings. The molecule has 7 nitrogen and oxygen atoms in total. The molecule has 30 heavy (non-hydrogen) atoms. The van der Waals surface area contributed by atoms with Gasteiger partial charge in [-0.15, -0.1) is 0 Å². The van der Waals surface area contributed by atoms with E-state index in [2.05, 4.69) is 5.32 Å². The first-order valence-electron chi connectivity index (χ1n) is 9.60. The van der Waals surface area contributed by atoms with E-state index in [0.29, 0.717) is 40.2 Å². The Bertz CT molecular complexity index is 1060. The Kier molecular flexibility index (Phi) is 6.80. The molecule has 1 heterocycles. The number of halogens is 1. The number of benzene rings is 2. The van der Waals surface area contributed by atoms with Crippen LogP contribution in [0.3, 0.4) is 0 Å². The fraction of sp³-hybridized carbons (Fsp3) is 0.333. The SMILES string of the molecule is Cc1c(NC(=O)C2CCN(S(=O)(=O)Cc3cccc(Cl)c3)CC2)cccc1C(N)=O. The van der Waals surface area contributed by atoms with Crippen molar-refractivity contribution in [1.29, 1.82) is 0 Å². The standard InChI is InChI=1S/C21H24ClN3O4S/c1-14-18(20(23)26)6-3-7-19(14)24-21(27)16-8-10-25(11-9-16)30(28,29)13-15-4-2-5-17(22)12-15/h2-7,12,16H,8-11,13H2,1H3,(H2,23,26)(H,24,27). The van der Waals surface area contributed by atoms with Gasteiger partial charge < -0.3 is 11.1 Å². The maximum atomic E-state index is 12.7. The van der Waals surface area contributed by atoms with Crippen LogP contribution < -0.4 is 11.1 Å². The van der Waals surface area contributed by atoms with Gasteiger partial charge in [0, 0.05) is 35.3 Å². The van der Waals surface area contributed by atoms with E-state index in [4.69, 9.17) is 17.3 Å². The van der Waals surface area contributed by atoms with E-state index in [9.17, 15) is 18.0 Å². The highest BCUT2D eigenvalue weighted by Crippen LogP contribution is 2.25. The molecule has 0 unspecified atom stereocenters. The topological polar surface area (TPSA) is 110 Å². The number of nitrogens with one attached hydrogen (secondary N) is 1. The highest BCUT2D eigenvalue weighted by Gasteiger charge is 2.31. The van der Waals surface area contributed by atoms with Crippen LogP contribution in [0, 0.1) is 12.8 Å². The van der Waals surface area contributed by atoms with Crippen LogP contribution in [-0.2, 0) is 20.6 Å². The molecule has 3 N–H and O–H groups in total. The van der Waals surface area contributed by atoms with Crippen molar-refractivity contribution in [2.24, 2.45) is 11.7 Å². The monoisotopic (exact) mass is 449 g/mol. The van der Waals surface area contributed by atoms with Crippen LogP contribution >= 0.6 is 11.6 Å². The first-order chi connectivity index (χ1) is 14.2. The van der Waals surface area contributed by atoms with Crippen LogP contribution in [0.4, 0.5) is 5.69 Å². The summed E-state index contributed by atoms with van der Waals surface area (Å²) in [5.41, 5.74) is 7.49. The number of piperidine rings is 1. The van der Waals surface area contributed by atoms with Crippen LogP contribution in [-0.4, -0.2) is 37.6 Å². The molecule has 9 heteroatoms. The minimum absolute atomic E-state index is 0.122. The molecular formula is C21H24ClN3O4S. The van der Waals surface area contributed by atoms with Gasteiger partial charge in [-0.3, -0.25) is 9.59 Å². The molecule has 0 aromatic heterocycles. The summed E-state index contributed by atoms with van der Waals surface area (Å²) in [5, 5.41) is 3.34. The number of hydrogen-bond donors (Lipinski definition) is 2. The van der Waals surface area contributed by atoms with Crippen LogP contribution in [0.2, 0.25) is 5.02 Å². The first kappa shape index (κ1) is 22.3. The van der Waals surface area contributed by atoms with Gasteiger partial charge in [0.2, 0.25) is 21.8 Å². The predicted molar refractivity (Wildman–Crippen MR) is 117 cm³/mol. The third kappa shape index (κ3) is 5.19. The van der Waals surface area contributed by atoms with E-state index >= 15 is 0 Å². The van der Waals surface area contributed by atoms with Gasteiger partial charge in [0.15, 0.2) is 0 Å². The maximum Gasteiger partial charge on any atom is 0.249 e. The number of nitrogens with two attached hydrogens (primary N) is 1. The molecule has 0 aliphatic carbocycles. The van der Waals surface area contributed by atoms with Gasteiger partial charge in [-0.1, -0.05) is 29.8 Å². The Labute approximate surface area is 181 Å². The summed E-state index contributed by atoms with van der Waals surface area (Å²) >= 11 is 5.94. The molecule has 160 valence electrons. The van der Waals surface area contributed by atoms with Gasteiger partial charge >= 0.3 is 0 Å². The Morgan fingerprint density at radius 1 is 1.17 bits per heavy atom. The smallest absolute Gasteiger partial charge is 0.249 e. The molecule has 3 rings (SSSR count). The Hall–Kier alpha value is -2.42. The fourth-order valence-electron chi connectivity index (χ4n) is 3.60. The second-order valence-electron chi connectivity index (χ2n) is 7.39. The number of carbonyl (C=O) groups is 2. The van der Waals surface area contributed by atoms with Crippen molar-refractivity contribution < 1.29 is 18.0 Å². The van der Waals surface area contributed by atoms with Gasteiger partial charge in [0.25, 0.3) is 0 Å².